The zero-order valence-electron chi connectivity index (χ0n) is 31.1. The number of nitrogens with zero attached hydrogens (tertiary/aromatic N) is 1. The summed E-state index contributed by atoms with van der Waals surface area (Å²) in [5.41, 5.74) is 5.88. The Kier molecular flexibility index (Phi) is 8.89. The van der Waals surface area contributed by atoms with Gasteiger partial charge in [0.25, 0.3) is 0 Å². The summed E-state index contributed by atoms with van der Waals surface area (Å²) in [4.78, 5) is 14.2. The number of allylic oxidation sites excluding steroid dienone is 3. The Morgan fingerprint density at radius 2 is 1.67 bits per heavy atom. The van der Waals surface area contributed by atoms with E-state index in [2.05, 4.69) is 69.7 Å². The third-order valence-corrected chi connectivity index (χ3v) is 16.6. The normalized spacial score (nSPS) is 42.1. The molecule has 1 aromatic rings. The number of hydrogen-bond donors (Lipinski definition) is 3. The zero-order chi connectivity index (χ0) is 34.1. The SMILES string of the molecule is C=C(C)C1CCC2(CNCCN3CCNCC3)CCC3(C)C(CCC4C5(C)CC=C(c6ccc(C(=O)O)cc6)C(C)(C)C5CCC43C)C12. The highest BCUT2D eigenvalue weighted by atomic mass is 16.4. The van der Waals surface area contributed by atoms with Crippen LogP contribution in [-0.2, 0) is 0 Å². The Hall–Kier alpha value is -1.95. The van der Waals surface area contributed by atoms with Gasteiger partial charge in [0, 0.05) is 45.8 Å². The molecule has 0 spiro atoms. The molecule has 264 valence electrons. The number of hydrogen-bond acceptors (Lipinski definition) is 4. The van der Waals surface area contributed by atoms with Crippen LogP contribution in [0.3, 0.4) is 0 Å². The van der Waals surface area contributed by atoms with E-state index in [1.807, 2.05) is 12.1 Å². The van der Waals surface area contributed by atoms with E-state index in [9.17, 15) is 9.90 Å². The lowest BCUT2D eigenvalue weighted by atomic mass is 9.32. The van der Waals surface area contributed by atoms with Gasteiger partial charge in [-0.2, -0.15) is 0 Å². The van der Waals surface area contributed by atoms with Crippen LogP contribution in [0, 0.1) is 56.7 Å². The molecule has 9 atom stereocenters. The van der Waals surface area contributed by atoms with Gasteiger partial charge in [-0.3, -0.25) is 4.90 Å². The number of rotatable bonds is 8. The topological polar surface area (TPSA) is 64.6 Å². The first kappa shape index (κ1) is 34.5. The monoisotopic (exact) mass is 656 g/mol. The minimum atomic E-state index is -0.851. The maximum Gasteiger partial charge on any atom is 0.335 e. The largest absolute Gasteiger partial charge is 0.478 e. The summed E-state index contributed by atoms with van der Waals surface area (Å²) >= 11 is 0. The van der Waals surface area contributed by atoms with E-state index in [1.165, 1.54) is 94.3 Å². The average molecular weight is 656 g/mol. The van der Waals surface area contributed by atoms with Crippen molar-refractivity contribution in [2.45, 2.75) is 99.3 Å². The number of fused-ring (bicyclic) bond motifs is 7. The number of aromatic carboxylic acids is 1. The molecule has 1 saturated heterocycles. The molecule has 5 aliphatic carbocycles. The molecular weight excluding hydrogens is 590 g/mol. The zero-order valence-corrected chi connectivity index (χ0v) is 31.1. The van der Waals surface area contributed by atoms with Crippen LogP contribution < -0.4 is 10.6 Å². The second kappa shape index (κ2) is 12.4. The van der Waals surface area contributed by atoms with E-state index < -0.39 is 5.97 Å². The van der Waals surface area contributed by atoms with Crippen molar-refractivity contribution in [1.29, 1.82) is 0 Å². The molecule has 0 amide bonds. The first-order chi connectivity index (χ1) is 22.8. The fraction of sp³-hybridized carbons (Fsp3) is 0.744. The molecule has 1 aliphatic heterocycles. The lowest BCUT2D eigenvalue weighted by molar-refractivity contribution is -0.225. The summed E-state index contributed by atoms with van der Waals surface area (Å²) in [5.74, 6) is 2.71. The Morgan fingerprint density at radius 3 is 2.35 bits per heavy atom. The Balaban J connectivity index is 1.14. The highest BCUT2D eigenvalue weighted by molar-refractivity contribution is 5.88. The van der Waals surface area contributed by atoms with Crippen molar-refractivity contribution >= 4 is 11.5 Å². The van der Waals surface area contributed by atoms with Crippen molar-refractivity contribution in [3.05, 3.63) is 53.6 Å². The predicted molar refractivity (Wildman–Crippen MR) is 198 cm³/mol. The lowest BCUT2D eigenvalue weighted by Crippen LogP contribution is -2.66. The Bertz CT molecular complexity index is 1430. The third kappa shape index (κ3) is 5.22. The number of carbonyl (C=O) groups is 1. The quantitative estimate of drug-likeness (QED) is 0.194. The van der Waals surface area contributed by atoms with Gasteiger partial charge in [0.15, 0.2) is 0 Å². The van der Waals surface area contributed by atoms with Crippen molar-refractivity contribution < 1.29 is 9.90 Å². The molecule has 0 bridgehead atoms. The average Bonchev–Trinajstić information content (AvgIpc) is 3.44. The summed E-state index contributed by atoms with van der Waals surface area (Å²) in [5, 5.41) is 17.0. The van der Waals surface area contributed by atoms with Gasteiger partial charge in [-0.15, -0.1) is 0 Å². The first-order valence-electron chi connectivity index (χ1n) is 19.6. The Labute approximate surface area is 291 Å². The van der Waals surface area contributed by atoms with Gasteiger partial charge >= 0.3 is 5.97 Å². The first-order valence-corrected chi connectivity index (χ1v) is 19.6. The van der Waals surface area contributed by atoms with Crippen molar-refractivity contribution in [2.24, 2.45) is 56.7 Å². The van der Waals surface area contributed by atoms with Crippen molar-refractivity contribution in [3.8, 4) is 0 Å². The van der Waals surface area contributed by atoms with E-state index in [1.54, 1.807) is 12.1 Å². The fourth-order valence-corrected chi connectivity index (χ4v) is 14.0. The maximum atomic E-state index is 11.6. The van der Waals surface area contributed by atoms with Crippen LogP contribution in [0.1, 0.15) is 115 Å². The highest BCUT2D eigenvalue weighted by Crippen LogP contribution is 2.77. The van der Waals surface area contributed by atoms with E-state index in [0.717, 1.165) is 43.8 Å². The van der Waals surface area contributed by atoms with Gasteiger partial charge in [0.05, 0.1) is 5.56 Å². The number of nitrogens with one attached hydrogen (secondary N) is 2. The van der Waals surface area contributed by atoms with E-state index in [-0.39, 0.29) is 10.8 Å². The molecular formula is C43H65N3O2. The smallest absolute Gasteiger partial charge is 0.335 e. The van der Waals surface area contributed by atoms with Gasteiger partial charge in [-0.1, -0.05) is 65.0 Å². The molecule has 4 saturated carbocycles. The fourth-order valence-electron chi connectivity index (χ4n) is 14.0. The summed E-state index contributed by atoms with van der Waals surface area (Å²) in [6.07, 6.45) is 14.5. The molecule has 9 unspecified atom stereocenters. The summed E-state index contributed by atoms with van der Waals surface area (Å²) in [6.45, 7) is 28.2. The molecule has 1 heterocycles. The predicted octanol–water partition coefficient (Wildman–Crippen LogP) is 8.53. The van der Waals surface area contributed by atoms with Crippen LogP contribution in [0.4, 0.5) is 0 Å². The molecule has 0 aromatic heterocycles. The van der Waals surface area contributed by atoms with Crippen molar-refractivity contribution in [2.75, 3.05) is 45.8 Å². The van der Waals surface area contributed by atoms with Crippen LogP contribution in [0.2, 0.25) is 0 Å². The molecule has 5 heteroatoms. The Morgan fingerprint density at radius 1 is 0.938 bits per heavy atom. The third-order valence-electron chi connectivity index (χ3n) is 16.6. The van der Waals surface area contributed by atoms with Crippen LogP contribution >= 0.6 is 0 Å². The maximum absolute atomic E-state index is 11.6. The molecule has 1 aromatic carbocycles. The molecule has 7 rings (SSSR count). The summed E-state index contributed by atoms with van der Waals surface area (Å²) < 4.78 is 0. The number of benzene rings is 1. The summed E-state index contributed by atoms with van der Waals surface area (Å²) in [6, 6.07) is 7.67. The van der Waals surface area contributed by atoms with E-state index in [4.69, 9.17) is 0 Å². The molecule has 48 heavy (non-hydrogen) atoms. The second-order valence-corrected chi connectivity index (χ2v) is 18.7. The second-order valence-electron chi connectivity index (χ2n) is 18.7. The highest BCUT2D eigenvalue weighted by Gasteiger charge is 2.70. The molecule has 5 fully saturated rings. The molecule has 6 aliphatic rings. The van der Waals surface area contributed by atoms with E-state index >= 15 is 0 Å². The van der Waals surface area contributed by atoms with Crippen molar-refractivity contribution in [1.82, 2.24) is 15.5 Å². The lowest BCUT2D eigenvalue weighted by Gasteiger charge is -2.72. The van der Waals surface area contributed by atoms with Crippen LogP contribution in [0.15, 0.2) is 42.5 Å². The van der Waals surface area contributed by atoms with E-state index in [0.29, 0.717) is 33.6 Å². The van der Waals surface area contributed by atoms with Crippen molar-refractivity contribution in [3.63, 3.8) is 0 Å². The molecule has 5 nitrogen and oxygen atoms in total. The molecule has 0 radical (unpaired) electrons. The standard InChI is InChI=1S/C43H65N3O2/c1-29(2)32-14-19-43(28-45-24-27-46-25-22-44-23-26-46)21-20-41(6)34(37(32)43)12-13-36-40(5)17-15-33(30-8-10-31(11-9-30)38(47)48)39(3,4)35(40)16-18-42(36,41)7/h8-11,15,32,34-37,44-45H,1,12-14,16-28H2,2-7H3,(H,47,48). The van der Waals surface area contributed by atoms with Gasteiger partial charge in [0.2, 0.25) is 0 Å². The van der Waals surface area contributed by atoms with Gasteiger partial charge in [0.1, 0.15) is 0 Å². The van der Waals surface area contributed by atoms with Gasteiger partial charge < -0.3 is 15.7 Å². The van der Waals surface area contributed by atoms with Crippen LogP contribution in [0.5, 0.6) is 0 Å². The van der Waals surface area contributed by atoms with Gasteiger partial charge in [-0.05, 0) is 145 Å². The van der Waals surface area contributed by atoms with Crippen LogP contribution in [-0.4, -0.2) is 61.8 Å². The minimum Gasteiger partial charge on any atom is -0.478 e. The molecule has 3 N–H and O–H groups in total. The number of piperazine rings is 1. The number of carboxylic acid groups (broad SMARTS) is 1. The van der Waals surface area contributed by atoms with Gasteiger partial charge in [-0.25, -0.2) is 4.79 Å². The summed E-state index contributed by atoms with van der Waals surface area (Å²) in [7, 11) is 0. The minimum absolute atomic E-state index is 0.0470. The van der Waals surface area contributed by atoms with Crippen LogP contribution in [0.25, 0.3) is 5.57 Å². The number of carboxylic acids is 1.